The van der Waals surface area contributed by atoms with Crippen molar-refractivity contribution in [2.45, 2.75) is 13.3 Å². The van der Waals surface area contributed by atoms with Crippen LogP contribution in [-0.4, -0.2) is 22.4 Å². The van der Waals surface area contributed by atoms with Crippen LogP contribution in [0.5, 0.6) is 0 Å². The van der Waals surface area contributed by atoms with Crippen LogP contribution in [0.15, 0.2) is 32.5 Å². The Balaban J connectivity index is 1.91. The van der Waals surface area contributed by atoms with Crippen LogP contribution in [0, 0.1) is 5.82 Å². The van der Waals surface area contributed by atoms with E-state index in [0.29, 0.717) is 12.1 Å². The summed E-state index contributed by atoms with van der Waals surface area (Å²) in [5.74, 6) is -0.483. The van der Waals surface area contributed by atoms with Gasteiger partial charge in [0.2, 0.25) is 11.7 Å². The molecule has 0 aliphatic carbocycles. The maximum atomic E-state index is 13.0. The number of nitrogens with one attached hydrogen (secondary N) is 2. The second-order valence-electron chi connectivity index (χ2n) is 3.96. The lowest BCUT2D eigenvalue weighted by atomic mass is 10.3. The van der Waals surface area contributed by atoms with Gasteiger partial charge in [0.05, 0.1) is 10.2 Å². The van der Waals surface area contributed by atoms with Crippen molar-refractivity contribution in [2.24, 2.45) is 5.16 Å². The van der Waals surface area contributed by atoms with Crippen molar-refractivity contribution in [3.63, 3.8) is 0 Å². The molecule has 1 heterocycles. The summed E-state index contributed by atoms with van der Waals surface area (Å²) in [5, 5.41) is 13.2. The Morgan fingerprint density at radius 1 is 1.55 bits per heavy atom. The Bertz CT molecular complexity index is 691. The Labute approximate surface area is 132 Å². The Morgan fingerprint density at radius 3 is 3.09 bits per heavy atom. The average Bonchev–Trinajstić information content (AvgIpc) is 2.94. The molecule has 0 aliphatic heterocycles. The van der Waals surface area contributed by atoms with Gasteiger partial charge in [-0.15, -0.1) is 0 Å². The molecule has 0 atom stereocenters. The van der Waals surface area contributed by atoms with Crippen LogP contribution >= 0.6 is 15.9 Å². The average molecular weight is 372 g/mol. The molecule has 0 saturated heterocycles. The highest BCUT2D eigenvalue weighted by Gasteiger charge is 2.10. The number of amides is 1. The summed E-state index contributed by atoms with van der Waals surface area (Å²) in [6.07, 6.45) is 1.49. The van der Waals surface area contributed by atoms with Crippen molar-refractivity contribution in [2.75, 3.05) is 10.8 Å². The summed E-state index contributed by atoms with van der Waals surface area (Å²) >= 11 is 3.05. The van der Waals surface area contributed by atoms with E-state index >= 15 is 0 Å². The largest absolute Gasteiger partial charge is 0.306 e. The molecule has 22 heavy (non-hydrogen) atoms. The smallest absolute Gasteiger partial charge is 0.225 e. The second-order valence-corrected chi connectivity index (χ2v) is 4.81. The summed E-state index contributed by atoms with van der Waals surface area (Å²) in [4.78, 5) is 16.1. The first-order chi connectivity index (χ1) is 10.6. The van der Waals surface area contributed by atoms with E-state index in [0.717, 1.165) is 0 Å². The number of oxime groups is 1. The molecule has 1 aromatic carbocycles. The molecular formula is C12H11BrFN5O3. The first-order valence-electron chi connectivity index (χ1n) is 6.13. The topological polar surface area (TPSA) is 102 Å². The third kappa shape index (κ3) is 4.25. The van der Waals surface area contributed by atoms with E-state index in [4.69, 9.17) is 4.94 Å². The minimum Gasteiger partial charge on any atom is -0.306 e. The van der Waals surface area contributed by atoms with Crippen molar-refractivity contribution in [1.29, 1.82) is 0 Å². The van der Waals surface area contributed by atoms with Gasteiger partial charge in [0.25, 0.3) is 0 Å². The lowest BCUT2D eigenvalue weighted by Crippen LogP contribution is -2.11. The van der Waals surface area contributed by atoms with Gasteiger partial charge in [0.15, 0.2) is 5.69 Å². The van der Waals surface area contributed by atoms with Crippen LogP contribution in [-0.2, 0) is 9.73 Å². The number of halogens is 2. The molecule has 2 N–H and O–H groups in total. The number of nitrogens with zero attached hydrogens (tertiary/aromatic N) is 3. The monoisotopic (exact) mass is 371 g/mol. The minimum absolute atomic E-state index is 0.142. The van der Waals surface area contributed by atoms with Gasteiger partial charge in [-0.25, -0.2) is 9.02 Å². The van der Waals surface area contributed by atoms with Crippen LogP contribution in [0.3, 0.4) is 0 Å². The third-order valence-electron chi connectivity index (χ3n) is 2.40. The van der Waals surface area contributed by atoms with Crippen LogP contribution in [0.2, 0.25) is 0 Å². The molecule has 0 spiro atoms. The van der Waals surface area contributed by atoms with Crippen molar-refractivity contribution in [1.82, 2.24) is 10.3 Å². The van der Waals surface area contributed by atoms with Crippen LogP contribution in [0.25, 0.3) is 0 Å². The molecule has 0 saturated carbocycles. The Kier molecular flexibility index (Phi) is 5.42. The lowest BCUT2D eigenvalue weighted by molar-refractivity contribution is -0.115. The fraction of sp³-hybridized carbons (Fsp3) is 0.167. The Morgan fingerprint density at radius 2 is 2.36 bits per heavy atom. The van der Waals surface area contributed by atoms with E-state index < -0.39 is 0 Å². The highest BCUT2D eigenvalue weighted by Crippen LogP contribution is 2.19. The molecule has 1 aromatic heterocycles. The molecule has 0 radical (unpaired) electrons. The normalized spacial score (nSPS) is 10.7. The zero-order chi connectivity index (χ0) is 15.9. The number of carbonyl (C=O) groups excluding carboxylic acids is 1. The fourth-order valence-electron chi connectivity index (χ4n) is 1.30. The minimum atomic E-state index is -0.390. The standard InChI is InChI=1S/C12H11BrFN5O3/c1-2-11(20)16-12-10(18-22-19-12)6-15-21-17-7-3-4-9(14)8(13)5-7/h3-6,17H,2H2,1H3,(H,16,19,20)/b15-6+. The summed E-state index contributed by atoms with van der Waals surface area (Å²) in [6.45, 7) is 1.70. The molecule has 2 rings (SSSR count). The molecule has 0 fully saturated rings. The van der Waals surface area contributed by atoms with Crippen molar-refractivity contribution >= 4 is 39.6 Å². The van der Waals surface area contributed by atoms with Gasteiger partial charge in [-0.05, 0) is 44.4 Å². The third-order valence-corrected chi connectivity index (χ3v) is 3.01. The quantitative estimate of drug-likeness (QED) is 0.597. The zero-order valence-electron chi connectivity index (χ0n) is 11.3. The summed E-state index contributed by atoms with van der Waals surface area (Å²) in [7, 11) is 0. The molecule has 0 bridgehead atoms. The van der Waals surface area contributed by atoms with E-state index in [2.05, 4.69) is 46.8 Å². The molecule has 10 heteroatoms. The van der Waals surface area contributed by atoms with E-state index in [1.165, 1.54) is 24.4 Å². The zero-order valence-corrected chi connectivity index (χ0v) is 12.9. The maximum absolute atomic E-state index is 13.0. The fourth-order valence-corrected chi connectivity index (χ4v) is 1.68. The first kappa shape index (κ1) is 15.9. The van der Waals surface area contributed by atoms with Crippen LogP contribution in [0.4, 0.5) is 15.9 Å². The predicted octanol–water partition coefficient (Wildman–Crippen LogP) is 2.70. The lowest BCUT2D eigenvalue weighted by Gasteiger charge is -2.03. The van der Waals surface area contributed by atoms with Gasteiger partial charge < -0.3 is 5.32 Å². The molecule has 0 aliphatic rings. The molecule has 8 nitrogen and oxygen atoms in total. The number of hydrogen-bond donors (Lipinski definition) is 2. The highest BCUT2D eigenvalue weighted by molar-refractivity contribution is 9.10. The number of rotatable bonds is 6. The maximum Gasteiger partial charge on any atom is 0.225 e. The number of benzene rings is 1. The molecule has 2 aromatic rings. The number of hydrogen-bond acceptors (Lipinski definition) is 7. The van der Waals surface area contributed by atoms with Gasteiger partial charge in [0, 0.05) is 6.42 Å². The van der Waals surface area contributed by atoms with Crippen molar-refractivity contribution in [3.05, 3.63) is 34.2 Å². The van der Waals surface area contributed by atoms with Crippen molar-refractivity contribution in [3.8, 4) is 0 Å². The van der Waals surface area contributed by atoms with Crippen LogP contribution in [0.1, 0.15) is 19.0 Å². The SMILES string of the molecule is CCC(=O)Nc1nonc1/C=N/ONc1ccc(F)c(Br)c1. The summed E-state index contributed by atoms with van der Waals surface area (Å²) in [6, 6.07) is 4.22. The molecule has 1 amide bonds. The summed E-state index contributed by atoms with van der Waals surface area (Å²) < 4.78 is 17.8. The number of aromatic nitrogens is 2. The van der Waals surface area contributed by atoms with Gasteiger partial charge in [0.1, 0.15) is 12.0 Å². The number of anilines is 2. The predicted molar refractivity (Wildman–Crippen MR) is 79.6 cm³/mol. The van der Waals surface area contributed by atoms with Gasteiger partial charge in [-0.2, -0.15) is 5.48 Å². The second kappa shape index (κ2) is 7.50. The molecule has 0 unspecified atom stereocenters. The van der Waals surface area contributed by atoms with Gasteiger partial charge in [-0.3, -0.25) is 9.73 Å². The molecule has 116 valence electrons. The first-order valence-corrected chi connectivity index (χ1v) is 6.92. The van der Waals surface area contributed by atoms with Gasteiger partial charge >= 0.3 is 0 Å². The summed E-state index contributed by atoms with van der Waals surface area (Å²) in [5.41, 5.74) is 3.17. The van der Waals surface area contributed by atoms with Crippen molar-refractivity contribution < 1.29 is 18.8 Å². The van der Waals surface area contributed by atoms with E-state index in [1.54, 1.807) is 6.92 Å². The number of carbonyl (C=O) groups is 1. The highest BCUT2D eigenvalue weighted by atomic mass is 79.9. The Hall–Kier alpha value is -2.49. The van der Waals surface area contributed by atoms with E-state index in [9.17, 15) is 9.18 Å². The molecular weight excluding hydrogens is 361 g/mol. The van der Waals surface area contributed by atoms with Crippen LogP contribution < -0.4 is 10.8 Å². The van der Waals surface area contributed by atoms with E-state index in [1.807, 2.05) is 0 Å². The van der Waals surface area contributed by atoms with E-state index in [-0.39, 0.29) is 27.7 Å². The van der Waals surface area contributed by atoms with Gasteiger partial charge in [-0.1, -0.05) is 12.1 Å².